The van der Waals surface area contributed by atoms with Crippen molar-refractivity contribution in [3.8, 4) is 0 Å². The van der Waals surface area contributed by atoms with Crippen LogP contribution in [0.4, 0.5) is 5.69 Å². The average molecular weight is 308 g/mol. The Morgan fingerprint density at radius 3 is 2.06 bits per heavy atom. The van der Waals surface area contributed by atoms with Gasteiger partial charge in [-0.05, 0) is 6.07 Å². The predicted molar refractivity (Wildman–Crippen MR) is 60.2 cm³/mol. The lowest BCUT2D eigenvalue weighted by molar-refractivity contribution is -0.384. The van der Waals surface area contributed by atoms with Crippen molar-refractivity contribution in [1.29, 1.82) is 0 Å². The number of rotatable bonds is 2. The summed E-state index contributed by atoms with van der Waals surface area (Å²) in [4.78, 5) is 8.67. The van der Waals surface area contributed by atoms with E-state index in [1.165, 1.54) is 0 Å². The number of nitrogens with zero attached hydrogens (tertiary/aromatic N) is 1. The maximum absolute atomic E-state index is 10.8. The zero-order chi connectivity index (χ0) is 11.8. The average Bonchev–Trinajstić information content (AvgIpc) is 2.00. The van der Waals surface area contributed by atoms with E-state index in [4.69, 9.17) is 27.8 Å². The summed E-state index contributed by atoms with van der Waals surface area (Å²) < 4.78 is 30.4. The molecule has 17 heavy (non-hydrogen) atoms. The molecule has 1 aromatic carbocycles. The largest absolute Gasteiger partial charge is 0.412 e. The number of hydrogen-bond acceptors (Lipinski definition) is 4. The number of hydrogen-bond donors (Lipinski definition) is 1. The monoisotopic (exact) mass is 307 g/mol. The van der Waals surface area contributed by atoms with Gasteiger partial charge in [-0.2, -0.15) is 8.42 Å². The summed E-state index contributed by atoms with van der Waals surface area (Å²) in [6, 6.07) is 1.91. The first-order valence-electron chi connectivity index (χ1n) is 3.35. The van der Waals surface area contributed by atoms with Crippen LogP contribution in [-0.2, 0) is 10.1 Å². The fourth-order valence-corrected chi connectivity index (χ4v) is 2.57. The van der Waals surface area contributed by atoms with Gasteiger partial charge in [-0.25, -0.2) is 0 Å². The van der Waals surface area contributed by atoms with Crippen molar-refractivity contribution in [2.75, 3.05) is 0 Å². The van der Waals surface area contributed by atoms with E-state index in [0.717, 1.165) is 12.1 Å². The Bertz CT molecular complexity index is 529. The molecule has 0 amide bonds. The van der Waals surface area contributed by atoms with Gasteiger partial charge in [0.15, 0.2) is 0 Å². The van der Waals surface area contributed by atoms with Crippen molar-refractivity contribution in [2.24, 2.45) is 0 Å². The van der Waals surface area contributed by atoms with E-state index in [2.05, 4.69) is 0 Å². The van der Waals surface area contributed by atoms with Crippen LogP contribution >= 0.6 is 23.2 Å². The lowest BCUT2D eigenvalue weighted by atomic mass is 10.3. The van der Waals surface area contributed by atoms with Crippen LogP contribution in [0.1, 0.15) is 0 Å². The van der Waals surface area contributed by atoms with E-state index in [0.29, 0.717) is 0 Å². The molecule has 0 saturated carbocycles. The van der Waals surface area contributed by atoms with E-state index in [1.807, 2.05) is 0 Å². The molecule has 0 fully saturated rings. The van der Waals surface area contributed by atoms with Gasteiger partial charge in [0.1, 0.15) is 9.92 Å². The zero-order valence-corrected chi connectivity index (χ0v) is 10.2. The molecule has 1 rings (SSSR count). The summed E-state index contributed by atoms with van der Waals surface area (Å²) in [6.45, 7) is 0. The van der Waals surface area contributed by atoms with E-state index >= 15 is 0 Å². The number of nitro groups is 1. The van der Waals surface area contributed by atoms with Crippen molar-refractivity contribution in [1.82, 2.24) is 0 Å². The Morgan fingerprint density at radius 2 is 1.71 bits per heavy atom. The quantitative estimate of drug-likeness (QED) is 0.477. The Morgan fingerprint density at radius 1 is 1.24 bits per heavy atom. The highest BCUT2D eigenvalue weighted by atomic mass is 35.5. The zero-order valence-electron chi connectivity index (χ0n) is 7.85. The molecule has 0 atom stereocenters. The predicted octanol–water partition coefficient (Wildman–Crippen LogP) is 0.499. The van der Waals surface area contributed by atoms with E-state index < -0.39 is 30.6 Å². The third kappa shape index (κ3) is 3.77. The molecule has 0 unspecified atom stereocenters. The third-order valence-electron chi connectivity index (χ3n) is 1.48. The van der Waals surface area contributed by atoms with Crippen LogP contribution in [0.25, 0.3) is 0 Å². The van der Waals surface area contributed by atoms with Gasteiger partial charge in [-0.3, -0.25) is 14.7 Å². The molecule has 0 heterocycles. The number of benzene rings is 1. The van der Waals surface area contributed by atoms with Crippen LogP contribution in [0.5, 0.6) is 0 Å². The number of halogens is 2. The van der Waals surface area contributed by atoms with Crippen LogP contribution in [0, 0.1) is 10.1 Å². The summed E-state index contributed by atoms with van der Waals surface area (Å²) in [5.41, 5.74) is -0.645. The van der Waals surface area contributed by atoms with Crippen molar-refractivity contribution in [2.45, 2.75) is 4.90 Å². The summed E-state index contributed by atoms with van der Waals surface area (Å²) in [6.07, 6.45) is 0. The normalized spacial score (nSPS) is 10.1. The fourth-order valence-electron chi connectivity index (χ4n) is 0.900. The third-order valence-corrected chi connectivity index (χ3v) is 3.34. The molecular weight excluding hydrogens is 301 g/mol. The van der Waals surface area contributed by atoms with Gasteiger partial charge in [-0.15, -0.1) is 0 Å². The first-order chi connectivity index (χ1) is 6.75. The van der Waals surface area contributed by atoms with Crippen LogP contribution in [-0.4, -0.2) is 28.8 Å². The molecule has 0 aliphatic carbocycles. The first kappa shape index (κ1) is 18.4. The molecule has 0 spiro atoms. The molecule has 0 radical (unpaired) electrons. The summed E-state index contributed by atoms with van der Waals surface area (Å²) in [7, 11) is -4.69. The van der Waals surface area contributed by atoms with Crippen LogP contribution in [0.3, 0.4) is 0 Å². The molecule has 0 aliphatic rings. The Balaban J connectivity index is 0. The van der Waals surface area contributed by atoms with Gasteiger partial charge >= 0.3 is 0 Å². The van der Waals surface area contributed by atoms with Gasteiger partial charge < -0.3 is 11.0 Å². The maximum atomic E-state index is 10.8. The topological polar surface area (TPSA) is 161 Å². The lowest BCUT2D eigenvalue weighted by Gasteiger charge is -2.03. The van der Waals surface area contributed by atoms with Crippen molar-refractivity contribution in [3.63, 3.8) is 0 Å². The van der Waals surface area contributed by atoms with Gasteiger partial charge in [0.25, 0.3) is 15.8 Å². The van der Waals surface area contributed by atoms with Gasteiger partial charge in [0.2, 0.25) is 0 Å². The second-order valence-corrected chi connectivity index (χ2v) is 4.59. The maximum Gasteiger partial charge on any atom is 0.297 e. The SMILES string of the molecule is O.O.O=[N+]([O-])c1ccc(Cl)c(S(=O)(=O)O)c1Cl. The summed E-state index contributed by atoms with van der Waals surface area (Å²) >= 11 is 10.9. The van der Waals surface area contributed by atoms with Crippen LogP contribution in [0.15, 0.2) is 17.0 Å². The van der Waals surface area contributed by atoms with Crippen LogP contribution < -0.4 is 0 Å². The minimum atomic E-state index is -4.69. The molecule has 0 bridgehead atoms. The van der Waals surface area contributed by atoms with Crippen molar-refractivity contribution in [3.05, 3.63) is 32.3 Å². The van der Waals surface area contributed by atoms with E-state index in [1.54, 1.807) is 0 Å². The molecule has 11 heteroatoms. The Hall–Kier alpha value is -0.970. The molecule has 8 nitrogen and oxygen atoms in total. The highest BCUT2D eigenvalue weighted by Gasteiger charge is 2.26. The Kier molecular flexibility index (Phi) is 6.60. The summed E-state index contributed by atoms with van der Waals surface area (Å²) in [5, 5.41) is 9.32. The smallest absolute Gasteiger partial charge is 0.297 e. The molecule has 0 saturated heterocycles. The fraction of sp³-hybridized carbons (Fsp3) is 0. The van der Waals surface area contributed by atoms with E-state index in [-0.39, 0.29) is 16.0 Å². The minimum Gasteiger partial charge on any atom is -0.412 e. The van der Waals surface area contributed by atoms with E-state index in [9.17, 15) is 18.5 Å². The lowest BCUT2D eigenvalue weighted by Crippen LogP contribution is -2.02. The minimum absolute atomic E-state index is 0. The molecule has 5 N–H and O–H groups in total. The number of nitro benzene ring substituents is 1. The second-order valence-electron chi connectivity index (χ2n) is 2.44. The van der Waals surface area contributed by atoms with Gasteiger partial charge in [0.05, 0.1) is 9.95 Å². The molecule has 98 valence electrons. The molecule has 0 aliphatic heterocycles. The van der Waals surface area contributed by atoms with Gasteiger partial charge in [-0.1, -0.05) is 23.2 Å². The van der Waals surface area contributed by atoms with Crippen molar-refractivity contribution < 1.29 is 28.8 Å². The first-order valence-corrected chi connectivity index (χ1v) is 5.54. The standard InChI is InChI=1S/C6H3Cl2NO5S.2H2O/c7-3-1-2-4(9(10)11)5(8)6(3)15(12,13)14;;/h1-2H,(H,12,13,14);2*1H2. The highest BCUT2D eigenvalue weighted by molar-refractivity contribution is 7.86. The highest BCUT2D eigenvalue weighted by Crippen LogP contribution is 2.35. The molecular formula is C6H7Cl2NO7S. The van der Waals surface area contributed by atoms with Crippen molar-refractivity contribution >= 4 is 39.0 Å². The molecule has 0 aromatic heterocycles. The van der Waals surface area contributed by atoms with Crippen LogP contribution in [0.2, 0.25) is 10.0 Å². The summed E-state index contributed by atoms with van der Waals surface area (Å²) in [5.74, 6) is 0. The van der Waals surface area contributed by atoms with Gasteiger partial charge in [0, 0.05) is 6.07 Å². The Labute approximate surface area is 105 Å². The molecule has 1 aromatic rings. The second kappa shape index (κ2) is 6.10.